The second-order valence-corrected chi connectivity index (χ2v) is 11.7. The lowest BCUT2D eigenvalue weighted by Gasteiger charge is -2.22. The molecule has 10 heteroatoms. The van der Waals surface area contributed by atoms with E-state index >= 15 is 0 Å². The van der Waals surface area contributed by atoms with Crippen LogP contribution in [0.3, 0.4) is 0 Å². The van der Waals surface area contributed by atoms with Crippen molar-refractivity contribution in [2.75, 3.05) is 5.32 Å². The summed E-state index contributed by atoms with van der Waals surface area (Å²) in [4.78, 5) is 28.3. The predicted molar refractivity (Wildman–Crippen MR) is 147 cm³/mol. The number of hydrogen-bond donors (Lipinski definition) is 2. The number of aromatic amines is 1. The van der Waals surface area contributed by atoms with Crippen LogP contribution in [-0.4, -0.2) is 34.3 Å². The molecule has 2 N–H and O–H groups in total. The largest absolute Gasteiger partial charge is 0.355 e. The summed E-state index contributed by atoms with van der Waals surface area (Å²) in [6.07, 6.45) is 1.47. The molecule has 0 spiro atoms. The van der Waals surface area contributed by atoms with Gasteiger partial charge < -0.3 is 9.17 Å². The van der Waals surface area contributed by atoms with Crippen LogP contribution in [0.25, 0.3) is 11.2 Å². The maximum atomic E-state index is 13.9. The van der Waals surface area contributed by atoms with Gasteiger partial charge in [0.25, 0.3) is 5.88 Å². The van der Waals surface area contributed by atoms with E-state index in [1.54, 1.807) is 0 Å². The fourth-order valence-corrected chi connectivity index (χ4v) is 5.77. The number of nitrogens with zero attached hydrogens (tertiary/aromatic N) is 3. The average molecular weight is 536 g/mol. The van der Waals surface area contributed by atoms with Gasteiger partial charge in [0, 0.05) is 0 Å². The summed E-state index contributed by atoms with van der Waals surface area (Å²) in [7, 11) is -4.33. The van der Waals surface area contributed by atoms with E-state index in [4.69, 9.17) is 4.18 Å². The van der Waals surface area contributed by atoms with Crippen LogP contribution in [0.5, 0.6) is 5.88 Å². The second-order valence-electron chi connectivity index (χ2n) is 10.2. The van der Waals surface area contributed by atoms with E-state index in [1.165, 1.54) is 6.33 Å². The molecule has 0 aliphatic carbocycles. The van der Waals surface area contributed by atoms with Gasteiger partial charge in [-0.25, -0.2) is 4.98 Å². The van der Waals surface area contributed by atoms with Crippen LogP contribution < -0.4 is 9.50 Å². The molecule has 200 valence electrons. The first-order valence-corrected chi connectivity index (χ1v) is 14.0. The van der Waals surface area contributed by atoms with Crippen LogP contribution in [-0.2, 0) is 21.3 Å². The fraction of sp³-hybridized carbons (Fsp3) is 0.357. The maximum absolute atomic E-state index is 13.9. The fourth-order valence-electron chi connectivity index (χ4n) is 4.20. The first-order chi connectivity index (χ1) is 18.0. The van der Waals surface area contributed by atoms with Crippen LogP contribution in [0.4, 0.5) is 5.95 Å². The number of fused-ring (bicyclic) bond motifs is 1. The zero-order chi connectivity index (χ0) is 27.6. The number of nitrogens with one attached hydrogen (secondary N) is 2. The summed E-state index contributed by atoms with van der Waals surface area (Å²) in [5.41, 5.74) is 3.64. The third kappa shape index (κ3) is 5.85. The van der Waals surface area contributed by atoms with Crippen molar-refractivity contribution in [3.8, 4) is 5.88 Å². The molecule has 0 aliphatic heterocycles. The van der Waals surface area contributed by atoms with Gasteiger partial charge in [0.15, 0.2) is 11.2 Å². The Labute approximate surface area is 223 Å². The number of H-pyrrole nitrogens is 1. The average Bonchev–Trinajstić information content (AvgIpc) is 3.32. The number of hydrogen-bond acceptors (Lipinski definition) is 7. The third-order valence-corrected chi connectivity index (χ3v) is 7.57. The molecular formula is C28H33N5O4S. The quantitative estimate of drug-likeness (QED) is 0.264. The molecule has 0 saturated heterocycles. The Hall–Kier alpha value is -3.79. The number of rotatable bonds is 9. The molecule has 0 unspecified atom stereocenters. The Morgan fingerprint density at radius 2 is 1.58 bits per heavy atom. The van der Waals surface area contributed by atoms with Gasteiger partial charge in [0.2, 0.25) is 11.9 Å². The molecule has 2 aromatic heterocycles. The summed E-state index contributed by atoms with van der Waals surface area (Å²) < 4.78 is 33.4. The number of carbonyl (C=O) groups is 1. The minimum atomic E-state index is -4.33. The molecule has 0 bridgehead atoms. The van der Waals surface area contributed by atoms with E-state index in [0.717, 1.165) is 11.1 Å². The van der Waals surface area contributed by atoms with Crippen LogP contribution in [0.2, 0.25) is 0 Å². The number of imidazole rings is 1. The predicted octanol–water partition coefficient (Wildman–Crippen LogP) is 5.67. The van der Waals surface area contributed by atoms with E-state index in [2.05, 4.69) is 39.1 Å². The first-order valence-electron chi connectivity index (χ1n) is 12.6. The number of carbonyl (C=O) groups excluding carboxylic acids is 1. The molecule has 0 fully saturated rings. The normalized spacial score (nSPS) is 12.0. The van der Waals surface area contributed by atoms with Crippen LogP contribution in [0.1, 0.15) is 81.5 Å². The van der Waals surface area contributed by atoms with Crippen molar-refractivity contribution in [2.45, 2.75) is 70.6 Å². The summed E-state index contributed by atoms with van der Waals surface area (Å²) in [6.45, 7) is 12.0. The molecule has 38 heavy (non-hydrogen) atoms. The van der Waals surface area contributed by atoms with E-state index in [0.29, 0.717) is 11.1 Å². The van der Waals surface area contributed by atoms with Gasteiger partial charge in [-0.2, -0.15) is 18.4 Å². The Morgan fingerprint density at radius 1 is 0.947 bits per heavy atom. The standard InChI is InChI=1S/C28H33N5O4S/c1-16(2)20-13-21(17(3)4)25(22(14-20)18(5)6)38(35,36)37-27-24-26(30-15-29-24)32-28(33-27)31-23(34)12-19-10-8-7-9-11-19/h7-11,13-18H,12H2,1-6H3,(H2,29,30,31,32,33,34). The van der Waals surface area contributed by atoms with Gasteiger partial charge in [0.05, 0.1) is 12.7 Å². The van der Waals surface area contributed by atoms with Crippen molar-refractivity contribution < 1.29 is 17.4 Å². The molecule has 4 rings (SSSR count). The molecule has 2 aromatic carbocycles. The van der Waals surface area contributed by atoms with Crippen molar-refractivity contribution in [1.29, 1.82) is 0 Å². The molecular weight excluding hydrogens is 502 g/mol. The second kappa shape index (κ2) is 10.9. The zero-order valence-electron chi connectivity index (χ0n) is 22.4. The van der Waals surface area contributed by atoms with Crippen LogP contribution in [0.15, 0.2) is 53.7 Å². The van der Waals surface area contributed by atoms with Gasteiger partial charge in [-0.1, -0.05) is 84.0 Å². The van der Waals surface area contributed by atoms with Gasteiger partial charge in [-0.3, -0.25) is 10.1 Å². The Morgan fingerprint density at radius 3 is 2.16 bits per heavy atom. The van der Waals surface area contributed by atoms with Crippen LogP contribution >= 0.6 is 0 Å². The van der Waals surface area contributed by atoms with E-state index in [9.17, 15) is 13.2 Å². The smallest absolute Gasteiger partial charge is 0.341 e. The highest BCUT2D eigenvalue weighted by molar-refractivity contribution is 7.87. The first kappa shape index (κ1) is 27.3. The molecule has 9 nitrogen and oxygen atoms in total. The summed E-state index contributed by atoms with van der Waals surface area (Å²) in [5, 5.41) is 2.63. The summed E-state index contributed by atoms with van der Waals surface area (Å²) in [5.74, 6) is -0.598. The summed E-state index contributed by atoms with van der Waals surface area (Å²) >= 11 is 0. The van der Waals surface area contributed by atoms with Crippen molar-refractivity contribution in [3.05, 3.63) is 71.0 Å². The van der Waals surface area contributed by atoms with Gasteiger partial charge in [0.1, 0.15) is 4.90 Å². The number of anilines is 1. The molecule has 0 aliphatic rings. The number of aromatic nitrogens is 4. The van der Waals surface area contributed by atoms with Gasteiger partial charge >= 0.3 is 10.1 Å². The highest BCUT2D eigenvalue weighted by Gasteiger charge is 2.30. The highest BCUT2D eigenvalue weighted by Crippen LogP contribution is 2.37. The summed E-state index contributed by atoms with van der Waals surface area (Å²) in [6, 6.07) is 13.1. The Bertz CT molecular complexity index is 1530. The lowest BCUT2D eigenvalue weighted by Crippen LogP contribution is -2.19. The lowest BCUT2D eigenvalue weighted by molar-refractivity contribution is -0.115. The van der Waals surface area contributed by atoms with Crippen molar-refractivity contribution in [1.82, 2.24) is 19.9 Å². The minimum absolute atomic E-state index is 0.0665. The third-order valence-electron chi connectivity index (χ3n) is 6.22. The van der Waals surface area contributed by atoms with Crippen molar-refractivity contribution in [3.63, 3.8) is 0 Å². The molecule has 4 aromatic rings. The monoisotopic (exact) mass is 535 g/mol. The lowest BCUT2D eigenvalue weighted by atomic mass is 9.89. The van der Waals surface area contributed by atoms with E-state index in [1.807, 2.05) is 70.2 Å². The van der Waals surface area contributed by atoms with Gasteiger partial charge in [-0.05, 0) is 40.0 Å². The molecule has 2 heterocycles. The van der Waals surface area contributed by atoms with Crippen molar-refractivity contribution >= 4 is 33.1 Å². The van der Waals surface area contributed by atoms with E-state index < -0.39 is 10.1 Å². The molecule has 0 saturated carbocycles. The van der Waals surface area contributed by atoms with Crippen molar-refractivity contribution in [2.24, 2.45) is 0 Å². The SMILES string of the molecule is CC(C)c1cc(C(C)C)c(S(=O)(=O)Oc2nc(NC(=O)Cc3ccccc3)nc3[nH]cnc23)c(C(C)C)c1. The molecule has 0 atom stereocenters. The number of benzene rings is 2. The highest BCUT2D eigenvalue weighted by atomic mass is 32.2. The van der Waals surface area contributed by atoms with Crippen LogP contribution in [0, 0.1) is 0 Å². The van der Waals surface area contributed by atoms with E-state index in [-0.39, 0.29) is 58.0 Å². The maximum Gasteiger partial charge on any atom is 0.341 e. The Kier molecular flexibility index (Phi) is 7.82. The number of amides is 1. The van der Waals surface area contributed by atoms with Gasteiger partial charge in [-0.15, -0.1) is 0 Å². The molecule has 0 radical (unpaired) electrons. The Balaban J connectivity index is 1.75. The minimum Gasteiger partial charge on any atom is -0.355 e. The zero-order valence-corrected chi connectivity index (χ0v) is 23.3. The topological polar surface area (TPSA) is 127 Å². The molecule has 1 amide bonds.